The number of amides is 1. The molecule has 0 unspecified atom stereocenters. The van der Waals surface area contributed by atoms with E-state index in [2.05, 4.69) is 16.8 Å². The number of carbonyl (C=O) groups excluding carboxylic acids is 1. The summed E-state index contributed by atoms with van der Waals surface area (Å²) in [6, 6.07) is 9.12. The number of benzene rings is 1. The summed E-state index contributed by atoms with van der Waals surface area (Å²) in [7, 11) is 0. The van der Waals surface area contributed by atoms with Gasteiger partial charge in [-0.05, 0) is 40.9 Å². The minimum Gasteiger partial charge on any atom is -0.352 e. The van der Waals surface area contributed by atoms with Crippen molar-refractivity contribution in [3.05, 3.63) is 57.2 Å². The Balaban J connectivity index is 1.88. The number of halogens is 1. The first-order chi connectivity index (χ1) is 8.27. The Labute approximate surface area is 109 Å². The van der Waals surface area contributed by atoms with Crippen LogP contribution in [0.2, 0.25) is 5.02 Å². The van der Waals surface area contributed by atoms with Gasteiger partial charge in [0.1, 0.15) is 0 Å². The van der Waals surface area contributed by atoms with E-state index in [0.29, 0.717) is 17.1 Å². The zero-order valence-corrected chi connectivity index (χ0v) is 10.7. The summed E-state index contributed by atoms with van der Waals surface area (Å²) in [5, 5.41) is 7.46. The number of carbonyl (C=O) groups is 1. The third-order valence-corrected chi connectivity index (χ3v) is 3.46. The van der Waals surface area contributed by atoms with Gasteiger partial charge in [0, 0.05) is 6.54 Å². The molecule has 0 spiro atoms. The van der Waals surface area contributed by atoms with Crippen molar-refractivity contribution in [3.63, 3.8) is 0 Å². The predicted octanol–water partition coefficient (Wildman–Crippen LogP) is 3.37. The number of hydrogen-bond donors (Lipinski definition) is 1. The topological polar surface area (TPSA) is 29.1 Å². The SMILES string of the molecule is O=C(NCCc1ccsc1)c1ccccc1Cl. The lowest BCUT2D eigenvalue weighted by Gasteiger charge is -2.05. The molecule has 2 nitrogen and oxygen atoms in total. The fraction of sp³-hybridized carbons (Fsp3) is 0.154. The van der Waals surface area contributed by atoms with Crippen LogP contribution in [0.15, 0.2) is 41.1 Å². The van der Waals surface area contributed by atoms with Crippen LogP contribution in [0.1, 0.15) is 15.9 Å². The summed E-state index contributed by atoms with van der Waals surface area (Å²) >= 11 is 7.60. The van der Waals surface area contributed by atoms with Crippen LogP contribution in [0, 0.1) is 0 Å². The molecule has 1 amide bonds. The smallest absolute Gasteiger partial charge is 0.252 e. The normalized spacial score (nSPS) is 10.2. The van der Waals surface area contributed by atoms with Crippen LogP contribution in [0.3, 0.4) is 0 Å². The minimum atomic E-state index is -0.120. The third-order valence-electron chi connectivity index (χ3n) is 2.40. The van der Waals surface area contributed by atoms with Crippen LogP contribution >= 0.6 is 22.9 Å². The molecule has 0 saturated carbocycles. The Bertz CT molecular complexity index is 496. The molecule has 2 aromatic rings. The molecule has 0 saturated heterocycles. The maximum absolute atomic E-state index is 11.8. The quantitative estimate of drug-likeness (QED) is 0.902. The van der Waals surface area contributed by atoms with E-state index in [0.717, 1.165) is 6.42 Å². The maximum atomic E-state index is 11.8. The highest BCUT2D eigenvalue weighted by molar-refractivity contribution is 7.07. The van der Waals surface area contributed by atoms with E-state index in [1.807, 2.05) is 11.4 Å². The van der Waals surface area contributed by atoms with Gasteiger partial charge in [-0.15, -0.1) is 0 Å². The highest BCUT2D eigenvalue weighted by atomic mass is 35.5. The van der Waals surface area contributed by atoms with Gasteiger partial charge in [-0.3, -0.25) is 4.79 Å². The average Bonchev–Trinajstić information content (AvgIpc) is 2.82. The second-order valence-electron chi connectivity index (χ2n) is 3.62. The molecule has 2 rings (SSSR count). The Morgan fingerprint density at radius 2 is 2.12 bits per heavy atom. The third kappa shape index (κ3) is 3.32. The molecule has 0 aliphatic rings. The zero-order valence-electron chi connectivity index (χ0n) is 9.15. The van der Waals surface area contributed by atoms with Crippen LogP contribution < -0.4 is 5.32 Å². The lowest BCUT2D eigenvalue weighted by Crippen LogP contribution is -2.25. The predicted molar refractivity (Wildman–Crippen MR) is 71.8 cm³/mol. The summed E-state index contributed by atoms with van der Waals surface area (Å²) in [5.74, 6) is -0.120. The van der Waals surface area contributed by atoms with E-state index in [-0.39, 0.29) is 5.91 Å². The number of rotatable bonds is 4. The number of hydrogen-bond acceptors (Lipinski definition) is 2. The van der Waals surface area contributed by atoms with E-state index in [1.165, 1.54) is 5.56 Å². The van der Waals surface area contributed by atoms with Crippen molar-refractivity contribution >= 4 is 28.8 Å². The second kappa shape index (κ2) is 5.84. The van der Waals surface area contributed by atoms with E-state index < -0.39 is 0 Å². The van der Waals surface area contributed by atoms with Crippen molar-refractivity contribution < 1.29 is 4.79 Å². The van der Waals surface area contributed by atoms with E-state index in [9.17, 15) is 4.79 Å². The molecule has 1 N–H and O–H groups in total. The Morgan fingerprint density at radius 1 is 1.29 bits per heavy atom. The summed E-state index contributed by atoms with van der Waals surface area (Å²) in [6.45, 7) is 0.626. The Kier molecular flexibility index (Phi) is 4.18. The van der Waals surface area contributed by atoms with Crippen molar-refractivity contribution in [2.45, 2.75) is 6.42 Å². The molecule has 1 aromatic carbocycles. The van der Waals surface area contributed by atoms with Gasteiger partial charge in [-0.25, -0.2) is 0 Å². The van der Waals surface area contributed by atoms with Crippen LogP contribution in [0.4, 0.5) is 0 Å². The molecule has 4 heteroatoms. The highest BCUT2D eigenvalue weighted by Gasteiger charge is 2.08. The summed E-state index contributed by atoms with van der Waals surface area (Å²) in [4.78, 5) is 11.8. The largest absolute Gasteiger partial charge is 0.352 e. The molecule has 1 aromatic heterocycles. The lowest BCUT2D eigenvalue weighted by atomic mass is 10.2. The first-order valence-electron chi connectivity index (χ1n) is 5.31. The fourth-order valence-electron chi connectivity index (χ4n) is 1.50. The van der Waals surface area contributed by atoms with Crippen molar-refractivity contribution in [2.75, 3.05) is 6.54 Å². The molecule has 17 heavy (non-hydrogen) atoms. The zero-order chi connectivity index (χ0) is 12.1. The average molecular weight is 266 g/mol. The van der Waals surface area contributed by atoms with Gasteiger partial charge < -0.3 is 5.32 Å². The van der Waals surface area contributed by atoms with Crippen LogP contribution in [0.5, 0.6) is 0 Å². The van der Waals surface area contributed by atoms with Crippen LogP contribution in [-0.4, -0.2) is 12.5 Å². The number of nitrogens with one attached hydrogen (secondary N) is 1. The van der Waals surface area contributed by atoms with E-state index in [1.54, 1.807) is 29.5 Å². The molecule has 0 radical (unpaired) electrons. The van der Waals surface area contributed by atoms with Crippen LogP contribution in [-0.2, 0) is 6.42 Å². The minimum absolute atomic E-state index is 0.120. The second-order valence-corrected chi connectivity index (χ2v) is 4.80. The maximum Gasteiger partial charge on any atom is 0.252 e. The first-order valence-corrected chi connectivity index (χ1v) is 6.63. The summed E-state index contributed by atoms with van der Waals surface area (Å²) < 4.78 is 0. The van der Waals surface area contributed by atoms with Gasteiger partial charge in [-0.2, -0.15) is 11.3 Å². The molecule has 0 aliphatic carbocycles. The summed E-state index contributed by atoms with van der Waals surface area (Å²) in [6.07, 6.45) is 0.847. The monoisotopic (exact) mass is 265 g/mol. The van der Waals surface area contributed by atoms with Gasteiger partial charge >= 0.3 is 0 Å². The lowest BCUT2D eigenvalue weighted by molar-refractivity contribution is 0.0954. The van der Waals surface area contributed by atoms with Crippen molar-refractivity contribution in [1.29, 1.82) is 0 Å². The highest BCUT2D eigenvalue weighted by Crippen LogP contribution is 2.14. The molecule has 0 bridgehead atoms. The molecule has 0 atom stereocenters. The molecule has 0 fully saturated rings. The van der Waals surface area contributed by atoms with Gasteiger partial charge in [0.05, 0.1) is 10.6 Å². The van der Waals surface area contributed by atoms with E-state index in [4.69, 9.17) is 11.6 Å². The molecular weight excluding hydrogens is 254 g/mol. The standard InChI is InChI=1S/C13H12ClNOS/c14-12-4-2-1-3-11(12)13(16)15-7-5-10-6-8-17-9-10/h1-4,6,8-9H,5,7H2,(H,15,16). The van der Waals surface area contributed by atoms with Gasteiger partial charge in [0.2, 0.25) is 0 Å². The van der Waals surface area contributed by atoms with Gasteiger partial charge in [0.25, 0.3) is 5.91 Å². The van der Waals surface area contributed by atoms with Gasteiger partial charge in [0.15, 0.2) is 0 Å². The molecular formula is C13H12ClNOS. The number of thiophene rings is 1. The van der Waals surface area contributed by atoms with Crippen molar-refractivity contribution in [1.82, 2.24) is 5.32 Å². The molecule has 0 aliphatic heterocycles. The van der Waals surface area contributed by atoms with Crippen molar-refractivity contribution in [3.8, 4) is 0 Å². The molecule has 1 heterocycles. The molecule has 88 valence electrons. The first kappa shape index (κ1) is 12.1. The summed E-state index contributed by atoms with van der Waals surface area (Å²) in [5.41, 5.74) is 1.77. The van der Waals surface area contributed by atoms with E-state index >= 15 is 0 Å². The van der Waals surface area contributed by atoms with Gasteiger partial charge in [-0.1, -0.05) is 23.7 Å². The van der Waals surface area contributed by atoms with Crippen molar-refractivity contribution in [2.24, 2.45) is 0 Å². The Morgan fingerprint density at radius 3 is 2.82 bits per heavy atom. The Hall–Kier alpha value is -1.32. The van der Waals surface area contributed by atoms with Crippen LogP contribution in [0.25, 0.3) is 0 Å². The fourth-order valence-corrected chi connectivity index (χ4v) is 2.42.